The fourth-order valence-corrected chi connectivity index (χ4v) is 4.38. The molecule has 3 aromatic rings. The van der Waals surface area contributed by atoms with Gasteiger partial charge in [-0.05, 0) is 49.2 Å². The van der Waals surface area contributed by atoms with E-state index in [2.05, 4.69) is 15.0 Å². The first-order chi connectivity index (χ1) is 12.8. The number of nitrogens with one attached hydrogen (secondary N) is 2. The molecule has 0 aliphatic carbocycles. The Balaban J connectivity index is 1.63. The van der Waals surface area contributed by atoms with Gasteiger partial charge in [-0.1, -0.05) is 24.3 Å². The monoisotopic (exact) mass is 401 g/mol. The summed E-state index contributed by atoms with van der Waals surface area (Å²) in [5.41, 5.74) is 3.48. The highest BCUT2D eigenvalue weighted by molar-refractivity contribution is 7.93. The molecule has 1 aromatic heterocycles. The number of nitrogens with zero attached hydrogens (tertiary/aromatic N) is 1. The summed E-state index contributed by atoms with van der Waals surface area (Å²) in [6.45, 7) is 3.99. The van der Waals surface area contributed by atoms with Gasteiger partial charge in [0.15, 0.2) is 5.13 Å². The van der Waals surface area contributed by atoms with Gasteiger partial charge in [0.25, 0.3) is 10.0 Å². The summed E-state index contributed by atoms with van der Waals surface area (Å²) < 4.78 is 27.1. The lowest BCUT2D eigenvalue weighted by molar-refractivity contribution is -0.115. The molecule has 1 amide bonds. The smallest absolute Gasteiger partial charge is 0.263 e. The Kier molecular flexibility index (Phi) is 5.57. The van der Waals surface area contributed by atoms with Crippen LogP contribution in [0, 0.1) is 13.8 Å². The SMILES string of the molecule is Cc1ccc(NC(=O)Cc2csc(NS(=O)(=O)c3ccccc3)n2)cc1C. The number of rotatable bonds is 6. The maximum Gasteiger partial charge on any atom is 0.263 e. The summed E-state index contributed by atoms with van der Waals surface area (Å²) in [5.74, 6) is -0.207. The number of carbonyl (C=O) groups excluding carboxylic acids is 1. The topological polar surface area (TPSA) is 88.2 Å². The van der Waals surface area contributed by atoms with E-state index in [0.717, 1.165) is 28.2 Å². The first-order valence-corrected chi connectivity index (χ1v) is 10.6. The zero-order valence-corrected chi connectivity index (χ0v) is 16.5. The van der Waals surface area contributed by atoms with Gasteiger partial charge in [0, 0.05) is 11.1 Å². The average Bonchev–Trinajstić information content (AvgIpc) is 3.05. The summed E-state index contributed by atoms with van der Waals surface area (Å²) in [7, 11) is -3.69. The van der Waals surface area contributed by atoms with Gasteiger partial charge in [0.1, 0.15) is 0 Å². The van der Waals surface area contributed by atoms with Gasteiger partial charge in [-0.2, -0.15) is 0 Å². The second-order valence-electron chi connectivity index (χ2n) is 6.09. The van der Waals surface area contributed by atoms with Crippen molar-refractivity contribution in [2.24, 2.45) is 0 Å². The summed E-state index contributed by atoms with van der Waals surface area (Å²) in [6, 6.07) is 13.8. The second-order valence-corrected chi connectivity index (χ2v) is 8.63. The van der Waals surface area contributed by atoms with Gasteiger partial charge < -0.3 is 5.32 Å². The molecule has 2 aromatic carbocycles. The molecule has 0 fully saturated rings. The number of aromatic nitrogens is 1. The van der Waals surface area contributed by atoms with E-state index in [-0.39, 0.29) is 22.4 Å². The van der Waals surface area contributed by atoms with Crippen molar-refractivity contribution >= 4 is 38.1 Å². The first-order valence-electron chi connectivity index (χ1n) is 8.23. The van der Waals surface area contributed by atoms with Gasteiger partial charge in [0.05, 0.1) is 17.0 Å². The van der Waals surface area contributed by atoms with Crippen molar-refractivity contribution in [2.75, 3.05) is 10.0 Å². The highest BCUT2D eigenvalue weighted by Gasteiger charge is 2.16. The van der Waals surface area contributed by atoms with Gasteiger partial charge in [0.2, 0.25) is 5.91 Å². The molecule has 0 radical (unpaired) electrons. The Morgan fingerprint density at radius 1 is 1.07 bits per heavy atom. The maximum atomic E-state index is 12.3. The van der Waals surface area contributed by atoms with Crippen LogP contribution < -0.4 is 10.0 Å². The van der Waals surface area contributed by atoms with Crippen LogP contribution in [-0.2, 0) is 21.2 Å². The predicted octanol–water partition coefficient (Wildman–Crippen LogP) is 3.74. The number of amides is 1. The fourth-order valence-electron chi connectivity index (χ4n) is 2.40. The van der Waals surface area contributed by atoms with Crippen LogP contribution in [0.25, 0.3) is 0 Å². The highest BCUT2D eigenvalue weighted by Crippen LogP contribution is 2.21. The minimum Gasteiger partial charge on any atom is -0.326 e. The number of hydrogen-bond acceptors (Lipinski definition) is 5. The zero-order valence-electron chi connectivity index (χ0n) is 14.9. The van der Waals surface area contributed by atoms with E-state index in [9.17, 15) is 13.2 Å². The molecule has 8 heteroatoms. The van der Waals surface area contributed by atoms with Gasteiger partial charge in [-0.25, -0.2) is 13.4 Å². The Labute approximate surface area is 162 Å². The number of anilines is 2. The third-order valence-electron chi connectivity index (χ3n) is 3.96. The largest absolute Gasteiger partial charge is 0.326 e. The fraction of sp³-hybridized carbons (Fsp3) is 0.158. The lowest BCUT2D eigenvalue weighted by Crippen LogP contribution is -2.15. The van der Waals surface area contributed by atoms with Gasteiger partial charge in [-0.3, -0.25) is 9.52 Å². The van der Waals surface area contributed by atoms with Gasteiger partial charge >= 0.3 is 0 Å². The Bertz CT molecular complexity index is 1060. The molecule has 0 spiro atoms. The molecule has 2 N–H and O–H groups in total. The molecule has 0 aliphatic heterocycles. The zero-order chi connectivity index (χ0) is 19.4. The molecule has 0 aliphatic rings. The number of sulfonamides is 1. The number of hydrogen-bond donors (Lipinski definition) is 2. The van der Waals surface area contributed by atoms with Crippen LogP contribution in [0.3, 0.4) is 0 Å². The second kappa shape index (κ2) is 7.89. The Hall–Kier alpha value is -2.71. The van der Waals surface area contributed by atoms with Crippen LogP contribution in [0.4, 0.5) is 10.8 Å². The summed E-state index contributed by atoms with van der Waals surface area (Å²) in [5, 5.41) is 4.73. The molecule has 0 saturated heterocycles. The summed E-state index contributed by atoms with van der Waals surface area (Å²) in [6.07, 6.45) is 0.0660. The first kappa shape index (κ1) is 19.1. The normalized spacial score (nSPS) is 11.2. The molecular formula is C19H19N3O3S2. The standard InChI is InChI=1S/C19H19N3O3S2/c1-13-8-9-15(10-14(13)2)20-18(23)11-16-12-26-19(21-16)22-27(24,25)17-6-4-3-5-7-17/h3-10,12H,11H2,1-2H3,(H,20,23)(H,21,22). The minimum atomic E-state index is -3.69. The van der Waals surface area contributed by atoms with Crippen LogP contribution in [0.2, 0.25) is 0 Å². The van der Waals surface area contributed by atoms with Gasteiger partial charge in [-0.15, -0.1) is 11.3 Å². The number of aryl methyl sites for hydroxylation is 2. The van der Waals surface area contributed by atoms with Crippen molar-refractivity contribution in [1.82, 2.24) is 4.98 Å². The van der Waals surface area contributed by atoms with Crippen LogP contribution in [0.5, 0.6) is 0 Å². The molecule has 27 heavy (non-hydrogen) atoms. The lowest BCUT2D eigenvalue weighted by atomic mass is 10.1. The number of carbonyl (C=O) groups is 1. The molecule has 0 saturated carbocycles. The molecule has 3 rings (SSSR count). The molecule has 0 unspecified atom stereocenters. The van der Waals surface area contributed by atoms with Crippen molar-refractivity contribution in [3.05, 3.63) is 70.7 Å². The maximum absolute atomic E-state index is 12.3. The van der Waals surface area contributed by atoms with E-state index in [1.54, 1.807) is 23.6 Å². The van der Waals surface area contributed by atoms with E-state index in [0.29, 0.717) is 5.69 Å². The Morgan fingerprint density at radius 3 is 2.52 bits per heavy atom. The Morgan fingerprint density at radius 2 is 1.81 bits per heavy atom. The highest BCUT2D eigenvalue weighted by atomic mass is 32.2. The predicted molar refractivity (Wildman–Crippen MR) is 108 cm³/mol. The van der Waals surface area contributed by atoms with E-state index in [1.807, 2.05) is 32.0 Å². The molecule has 1 heterocycles. The molecule has 140 valence electrons. The molecular weight excluding hydrogens is 382 g/mol. The van der Waals surface area contributed by atoms with Crippen LogP contribution in [-0.4, -0.2) is 19.3 Å². The molecule has 0 atom stereocenters. The van der Waals surface area contributed by atoms with Crippen LogP contribution in [0.15, 0.2) is 58.8 Å². The number of benzene rings is 2. The van der Waals surface area contributed by atoms with Crippen LogP contribution >= 0.6 is 11.3 Å². The third kappa shape index (κ3) is 4.93. The van der Waals surface area contributed by atoms with E-state index >= 15 is 0 Å². The van der Waals surface area contributed by atoms with Crippen molar-refractivity contribution in [1.29, 1.82) is 0 Å². The minimum absolute atomic E-state index is 0.0660. The van der Waals surface area contributed by atoms with Crippen molar-refractivity contribution < 1.29 is 13.2 Å². The third-order valence-corrected chi connectivity index (χ3v) is 6.25. The number of thiazole rings is 1. The average molecular weight is 402 g/mol. The van der Waals surface area contributed by atoms with E-state index < -0.39 is 10.0 Å². The lowest BCUT2D eigenvalue weighted by Gasteiger charge is -2.07. The molecule has 0 bridgehead atoms. The molecule has 6 nitrogen and oxygen atoms in total. The van der Waals surface area contributed by atoms with E-state index in [1.165, 1.54) is 12.1 Å². The van der Waals surface area contributed by atoms with Crippen molar-refractivity contribution in [3.8, 4) is 0 Å². The van der Waals surface area contributed by atoms with Crippen molar-refractivity contribution in [2.45, 2.75) is 25.2 Å². The van der Waals surface area contributed by atoms with Crippen molar-refractivity contribution in [3.63, 3.8) is 0 Å². The van der Waals surface area contributed by atoms with Crippen LogP contribution in [0.1, 0.15) is 16.8 Å². The van der Waals surface area contributed by atoms with E-state index in [4.69, 9.17) is 0 Å². The summed E-state index contributed by atoms with van der Waals surface area (Å²) in [4.78, 5) is 16.6. The summed E-state index contributed by atoms with van der Waals surface area (Å²) >= 11 is 1.14. The quantitative estimate of drug-likeness (QED) is 0.659.